The van der Waals surface area contributed by atoms with Gasteiger partial charge < -0.3 is 5.11 Å². The number of ketones is 1. The second kappa shape index (κ2) is 8.27. The van der Waals surface area contributed by atoms with Crippen LogP contribution >= 0.6 is 11.3 Å². The molecule has 0 unspecified atom stereocenters. The zero-order valence-corrected chi connectivity index (χ0v) is 20.6. The number of benzene rings is 2. The highest BCUT2D eigenvalue weighted by Crippen LogP contribution is 2.44. The third-order valence-corrected chi connectivity index (χ3v) is 7.16. The highest BCUT2D eigenvalue weighted by molar-refractivity contribution is 7.16. The summed E-state index contributed by atoms with van der Waals surface area (Å²) in [6, 6.07) is 14.4. The number of Topliss-reactive ketones (excluding diaryl/α,β-unsaturated/α-hetero) is 1. The number of anilines is 1. The third kappa shape index (κ3) is 4.11. The summed E-state index contributed by atoms with van der Waals surface area (Å²) in [4.78, 5) is 33.4. The average molecular weight is 461 g/mol. The van der Waals surface area contributed by atoms with Gasteiger partial charge in [0.15, 0.2) is 5.13 Å². The van der Waals surface area contributed by atoms with E-state index >= 15 is 0 Å². The Hall–Kier alpha value is -3.25. The normalized spacial score (nSPS) is 18.2. The number of carbonyl (C=O) groups is 2. The van der Waals surface area contributed by atoms with E-state index in [-0.39, 0.29) is 16.7 Å². The number of amides is 1. The minimum atomic E-state index is -0.759. The molecular formula is C27H28N2O3S. The van der Waals surface area contributed by atoms with E-state index in [1.807, 2.05) is 57.2 Å². The van der Waals surface area contributed by atoms with Crippen LogP contribution in [-0.2, 0) is 15.0 Å². The maximum Gasteiger partial charge on any atom is 0.301 e. The molecule has 5 nitrogen and oxygen atoms in total. The maximum absolute atomic E-state index is 13.2. The first-order valence-corrected chi connectivity index (χ1v) is 11.7. The molecule has 0 bridgehead atoms. The Morgan fingerprint density at radius 3 is 2.09 bits per heavy atom. The quantitative estimate of drug-likeness (QED) is 0.296. The molecule has 4 rings (SSSR count). The van der Waals surface area contributed by atoms with Crippen molar-refractivity contribution in [1.29, 1.82) is 0 Å². The topological polar surface area (TPSA) is 70.5 Å². The number of hydrogen-bond acceptors (Lipinski definition) is 5. The van der Waals surface area contributed by atoms with Crippen LogP contribution in [0.5, 0.6) is 0 Å². The van der Waals surface area contributed by atoms with Gasteiger partial charge in [0.2, 0.25) is 0 Å². The first-order valence-electron chi connectivity index (χ1n) is 10.9. The molecule has 33 heavy (non-hydrogen) atoms. The fourth-order valence-corrected chi connectivity index (χ4v) is 4.87. The van der Waals surface area contributed by atoms with Crippen LogP contribution in [0.4, 0.5) is 5.13 Å². The number of carbonyl (C=O) groups excluding carboxylic acids is 2. The summed E-state index contributed by atoms with van der Waals surface area (Å²) >= 11 is 1.37. The Kier molecular flexibility index (Phi) is 5.74. The van der Waals surface area contributed by atoms with Crippen LogP contribution in [0, 0.1) is 20.8 Å². The summed E-state index contributed by atoms with van der Waals surface area (Å²) in [5.41, 5.74) is 4.29. The number of aromatic nitrogens is 1. The van der Waals surface area contributed by atoms with Gasteiger partial charge in [0.05, 0.1) is 17.3 Å². The van der Waals surface area contributed by atoms with Crippen molar-refractivity contribution < 1.29 is 14.7 Å². The van der Waals surface area contributed by atoms with Gasteiger partial charge in [-0.3, -0.25) is 14.5 Å². The predicted molar refractivity (Wildman–Crippen MR) is 133 cm³/mol. The summed E-state index contributed by atoms with van der Waals surface area (Å²) in [6.45, 7) is 12.2. The van der Waals surface area contributed by atoms with Gasteiger partial charge in [-0.05, 0) is 37.3 Å². The molecule has 1 fully saturated rings. The Labute approximate surface area is 198 Å². The molecule has 1 N–H and O–H groups in total. The first kappa shape index (κ1) is 22.9. The molecule has 1 aliphatic heterocycles. The van der Waals surface area contributed by atoms with E-state index in [4.69, 9.17) is 0 Å². The molecule has 6 heteroatoms. The highest BCUT2D eigenvalue weighted by Gasteiger charge is 2.48. The smallest absolute Gasteiger partial charge is 0.301 e. The number of aryl methyl sites for hydroxylation is 3. The van der Waals surface area contributed by atoms with Gasteiger partial charge >= 0.3 is 5.91 Å². The molecule has 1 aromatic heterocycles. The van der Waals surface area contributed by atoms with Crippen molar-refractivity contribution in [2.24, 2.45) is 0 Å². The van der Waals surface area contributed by atoms with Crippen LogP contribution < -0.4 is 4.90 Å². The molecule has 1 amide bonds. The van der Waals surface area contributed by atoms with E-state index in [0.717, 1.165) is 27.3 Å². The van der Waals surface area contributed by atoms with Crippen molar-refractivity contribution in [3.63, 3.8) is 0 Å². The van der Waals surface area contributed by atoms with Crippen molar-refractivity contribution in [2.45, 2.75) is 53.0 Å². The lowest BCUT2D eigenvalue weighted by molar-refractivity contribution is -0.132. The SMILES string of the molecule is Cc1ccc(/C(O)=C2\C(=O)C(=O)N(c3nc(C)c(C)s3)[C@H]2c2ccc(C(C)(C)C)cc2)cc1. The number of aliphatic hydroxyl groups is 1. The van der Waals surface area contributed by atoms with Gasteiger partial charge in [0.1, 0.15) is 5.76 Å². The van der Waals surface area contributed by atoms with E-state index < -0.39 is 17.7 Å². The van der Waals surface area contributed by atoms with Crippen LogP contribution in [0.3, 0.4) is 0 Å². The third-order valence-electron chi connectivity index (χ3n) is 6.09. The Morgan fingerprint density at radius 1 is 0.970 bits per heavy atom. The van der Waals surface area contributed by atoms with Crippen LogP contribution in [0.15, 0.2) is 54.1 Å². The van der Waals surface area contributed by atoms with Crippen molar-refractivity contribution >= 4 is 33.9 Å². The standard InChI is InChI=1S/C27H28N2O3S/c1-15-7-9-19(10-8-15)23(30)21-22(18-11-13-20(14-12-18)27(4,5)6)29(25(32)24(21)31)26-28-16(2)17(3)33-26/h7-14,22,30H,1-6H3/b23-21+/t22-/m0/s1. The summed E-state index contributed by atoms with van der Waals surface area (Å²) in [7, 11) is 0. The van der Waals surface area contributed by atoms with Gasteiger partial charge in [0, 0.05) is 10.4 Å². The number of rotatable bonds is 3. The second-order valence-electron chi connectivity index (χ2n) is 9.55. The van der Waals surface area contributed by atoms with Crippen LogP contribution in [0.25, 0.3) is 5.76 Å². The van der Waals surface area contributed by atoms with Crippen LogP contribution in [0.2, 0.25) is 0 Å². The fraction of sp³-hybridized carbons (Fsp3) is 0.296. The molecular weight excluding hydrogens is 432 g/mol. The van der Waals surface area contributed by atoms with E-state index in [1.54, 1.807) is 12.1 Å². The lowest BCUT2D eigenvalue weighted by atomic mass is 9.85. The van der Waals surface area contributed by atoms with E-state index in [9.17, 15) is 14.7 Å². The zero-order valence-electron chi connectivity index (χ0n) is 19.8. The molecule has 1 atom stereocenters. The predicted octanol–water partition coefficient (Wildman–Crippen LogP) is 5.99. The first-order chi connectivity index (χ1) is 15.5. The molecule has 0 radical (unpaired) electrons. The minimum absolute atomic E-state index is 0.0359. The lowest BCUT2D eigenvalue weighted by Gasteiger charge is -2.24. The largest absolute Gasteiger partial charge is 0.507 e. The monoisotopic (exact) mass is 460 g/mol. The lowest BCUT2D eigenvalue weighted by Crippen LogP contribution is -2.29. The van der Waals surface area contributed by atoms with Crippen molar-refractivity contribution in [2.75, 3.05) is 4.90 Å². The Bertz CT molecular complexity index is 1240. The van der Waals surface area contributed by atoms with Gasteiger partial charge in [-0.25, -0.2) is 4.98 Å². The second-order valence-corrected chi connectivity index (χ2v) is 10.7. The number of aliphatic hydroxyl groups excluding tert-OH is 1. The Balaban J connectivity index is 1.92. The molecule has 0 saturated carbocycles. The summed E-state index contributed by atoms with van der Waals surface area (Å²) in [5.74, 6) is -1.56. The van der Waals surface area contributed by atoms with Crippen molar-refractivity contribution in [3.05, 3.63) is 86.9 Å². The molecule has 2 aromatic carbocycles. The fourth-order valence-electron chi connectivity index (χ4n) is 3.94. The van der Waals surface area contributed by atoms with Gasteiger partial charge in [-0.15, -0.1) is 11.3 Å². The summed E-state index contributed by atoms with van der Waals surface area (Å²) < 4.78 is 0. The van der Waals surface area contributed by atoms with E-state index in [2.05, 4.69) is 25.8 Å². The highest BCUT2D eigenvalue weighted by atomic mass is 32.1. The number of hydrogen-bond donors (Lipinski definition) is 1. The molecule has 1 saturated heterocycles. The number of nitrogens with zero attached hydrogens (tertiary/aromatic N) is 2. The molecule has 0 aliphatic carbocycles. The van der Waals surface area contributed by atoms with E-state index in [0.29, 0.717) is 10.7 Å². The van der Waals surface area contributed by atoms with Crippen LogP contribution in [-0.4, -0.2) is 21.8 Å². The maximum atomic E-state index is 13.2. The van der Waals surface area contributed by atoms with Crippen molar-refractivity contribution in [3.8, 4) is 0 Å². The minimum Gasteiger partial charge on any atom is -0.507 e. The summed E-state index contributed by atoms with van der Waals surface area (Å²) in [5, 5.41) is 11.7. The van der Waals surface area contributed by atoms with Gasteiger partial charge in [-0.1, -0.05) is 74.9 Å². The molecule has 3 aromatic rings. The molecule has 170 valence electrons. The van der Waals surface area contributed by atoms with Crippen LogP contribution in [0.1, 0.15) is 59.6 Å². The van der Waals surface area contributed by atoms with Crippen molar-refractivity contribution in [1.82, 2.24) is 4.98 Å². The average Bonchev–Trinajstić information content (AvgIpc) is 3.23. The van der Waals surface area contributed by atoms with Gasteiger partial charge in [-0.2, -0.15) is 0 Å². The molecule has 2 heterocycles. The number of thiazole rings is 1. The summed E-state index contributed by atoms with van der Waals surface area (Å²) in [6.07, 6.45) is 0. The molecule has 1 aliphatic rings. The van der Waals surface area contributed by atoms with E-state index in [1.165, 1.54) is 16.2 Å². The zero-order chi connectivity index (χ0) is 24.1. The Morgan fingerprint density at radius 2 is 1.58 bits per heavy atom. The van der Waals surface area contributed by atoms with Gasteiger partial charge in [0.25, 0.3) is 5.78 Å². The molecule has 0 spiro atoms.